The molecule has 0 aliphatic heterocycles. The SMILES string of the molecule is CC.Cc1cnc(C(C)C)s1.[Pr]. The topological polar surface area (TPSA) is 12.9 Å². The second kappa shape index (κ2) is 8.59. The molecule has 0 saturated carbocycles. The van der Waals surface area contributed by atoms with Crippen molar-refractivity contribution in [3.05, 3.63) is 16.1 Å². The summed E-state index contributed by atoms with van der Waals surface area (Å²) in [6.07, 6.45) is 1.93. The van der Waals surface area contributed by atoms with Crippen LogP contribution >= 0.6 is 11.3 Å². The Morgan fingerprint density at radius 1 is 1.33 bits per heavy atom. The molecule has 1 aromatic heterocycles. The van der Waals surface area contributed by atoms with Gasteiger partial charge in [0.25, 0.3) is 0 Å². The minimum atomic E-state index is 0. The monoisotopic (exact) mass is 312 g/mol. The van der Waals surface area contributed by atoms with Crippen LogP contribution < -0.4 is 0 Å². The summed E-state index contributed by atoms with van der Waals surface area (Å²) in [5.41, 5.74) is 0. The zero-order chi connectivity index (χ0) is 8.85. The van der Waals surface area contributed by atoms with Crippen LogP contribution in [-0.2, 0) is 0 Å². The van der Waals surface area contributed by atoms with E-state index in [1.165, 1.54) is 9.88 Å². The number of rotatable bonds is 1. The Hall–Kier alpha value is 0.994. The summed E-state index contributed by atoms with van der Waals surface area (Å²) in [6.45, 7) is 10.4. The first-order valence-electron chi connectivity index (χ1n) is 4.12. The van der Waals surface area contributed by atoms with Gasteiger partial charge in [-0.3, -0.25) is 0 Å². The fraction of sp³-hybridized carbons (Fsp3) is 0.667. The van der Waals surface area contributed by atoms with Crippen LogP contribution in [0.2, 0.25) is 0 Å². The summed E-state index contributed by atoms with van der Waals surface area (Å²) in [7, 11) is 0. The average Bonchev–Trinajstić information content (AvgIpc) is 2.40. The predicted octanol–water partition coefficient (Wildman–Crippen LogP) is 3.60. The minimum Gasteiger partial charge on any atom is -0.249 e. The molecule has 0 aliphatic rings. The van der Waals surface area contributed by atoms with Gasteiger partial charge in [-0.25, -0.2) is 4.98 Å². The molecule has 0 atom stereocenters. The molecule has 0 N–H and O–H groups in total. The fourth-order valence-corrected chi connectivity index (χ4v) is 1.42. The van der Waals surface area contributed by atoms with E-state index in [9.17, 15) is 0 Å². The van der Waals surface area contributed by atoms with Crippen LogP contribution in [0, 0.1) is 48.2 Å². The molecule has 1 rings (SSSR count). The molecule has 0 saturated heterocycles. The number of aryl methyl sites for hydroxylation is 1. The molecule has 0 unspecified atom stereocenters. The van der Waals surface area contributed by atoms with Gasteiger partial charge in [0.15, 0.2) is 0 Å². The minimum absolute atomic E-state index is 0. The first-order valence-corrected chi connectivity index (χ1v) is 4.94. The Kier molecular flexibility index (Phi) is 11.1. The van der Waals surface area contributed by atoms with Crippen molar-refractivity contribution in [1.29, 1.82) is 0 Å². The van der Waals surface area contributed by atoms with Gasteiger partial charge in [0, 0.05) is 58.3 Å². The standard InChI is InChI=1S/C7H11NS.C2H6.Pr/c1-5(2)7-8-4-6(3)9-7;1-2;/h4-5H,1-3H3;1-2H3;. The van der Waals surface area contributed by atoms with Crippen LogP contribution in [0.5, 0.6) is 0 Å². The van der Waals surface area contributed by atoms with Crippen molar-refractivity contribution >= 4 is 11.3 Å². The number of nitrogens with zero attached hydrogens (tertiary/aromatic N) is 1. The third-order valence-corrected chi connectivity index (χ3v) is 2.35. The molecule has 1 aromatic rings. The van der Waals surface area contributed by atoms with Gasteiger partial charge in [-0.1, -0.05) is 27.7 Å². The molecule has 67 valence electrons. The van der Waals surface area contributed by atoms with Gasteiger partial charge in [0.1, 0.15) is 0 Å². The molecular formula is C9H17NPrS. The summed E-state index contributed by atoms with van der Waals surface area (Å²) < 4.78 is 0. The van der Waals surface area contributed by atoms with Crippen LogP contribution in [0.3, 0.4) is 0 Å². The Morgan fingerprint density at radius 2 is 1.83 bits per heavy atom. The largest absolute Gasteiger partial charge is 0.249 e. The molecule has 1 radical (unpaired) electrons. The van der Waals surface area contributed by atoms with E-state index in [0.717, 1.165) is 0 Å². The second-order valence-electron chi connectivity index (χ2n) is 2.46. The van der Waals surface area contributed by atoms with E-state index in [-0.39, 0.29) is 41.3 Å². The zero-order valence-corrected chi connectivity index (χ0v) is 13.1. The average molecular weight is 312 g/mol. The number of hydrogen-bond acceptors (Lipinski definition) is 2. The molecule has 0 spiro atoms. The smallest absolute Gasteiger partial charge is 0.0952 e. The first kappa shape index (κ1) is 15.5. The van der Waals surface area contributed by atoms with Crippen molar-refractivity contribution in [3.63, 3.8) is 0 Å². The third kappa shape index (κ3) is 5.61. The van der Waals surface area contributed by atoms with Gasteiger partial charge >= 0.3 is 0 Å². The van der Waals surface area contributed by atoms with Crippen molar-refractivity contribution in [3.8, 4) is 0 Å². The summed E-state index contributed by atoms with van der Waals surface area (Å²) in [4.78, 5) is 5.54. The number of aromatic nitrogens is 1. The summed E-state index contributed by atoms with van der Waals surface area (Å²) in [6, 6.07) is 0. The van der Waals surface area contributed by atoms with Gasteiger partial charge in [0.05, 0.1) is 5.01 Å². The molecule has 0 bridgehead atoms. The summed E-state index contributed by atoms with van der Waals surface area (Å²) in [5, 5.41) is 1.24. The van der Waals surface area contributed by atoms with Crippen molar-refractivity contribution in [2.75, 3.05) is 0 Å². The van der Waals surface area contributed by atoms with Gasteiger partial charge < -0.3 is 0 Å². The van der Waals surface area contributed by atoms with Crippen LogP contribution in [0.15, 0.2) is 6.20 Å². The second-order valence-corrected chi connectivity index (χ2v) is 3.73. The van der Waals surface area contributed by atoms with Crippen molar-refractivity contribution in [2.45, 2.75) is 40.5 Å². The molecule has 0 amide bonds. The van der Waals surface area contributed by atoms with Crippen LogP contribution in [0.1, 0.15) is 43.5 Å². The van der Waals surface area contributed by atoms with E-state index >= 15 is 0 Å². The maximum absolute atomic E-state index is 4.23. The molecular weight excluding hydrogens is 295 g/mol. The maximum atomic E-state index is 4.23. The van der Waals surface area contributed by atoms with Gasteiger partial charge in [-0.15, -0.1) is 11.3 Å². The van der Waals surface area contributed by atoms with Crippen LogP contribution in [0.25, 0.3) is 0 Å². The van der Waals surface area contributed by atoms with E-state index in [2.05, 4.69) is 25.8 Å². The number of thiazole rings is 1. The summed E-state index contributed by atoms with van der Waals surface area (Å²) in [5.74, 6) is 0.587. The van der Waals surface area contributed by atoms with Gasteiger partial charge in [0.2, 0.25) is 0 Å². The molecule has 0 aromatic carbocycles. The van der Waals surface area contributed by atoms with Crippen molar-refractivity contribution in [2.24, 2.45) is 0 Å². The van der Waals surface area contributed by atoms with E-state index in [4.69, 9.17) is 0 Å². The Morgan fingerprint density at radius 3 is 2.00 bits per heavy atom. The maximum Gasteiger partial charge on any atom is 0.0952 e. The Bertz CT molecular complexity index is 196. The molecule has 1 heterocycles. The van der Waals surface area contributed by atoms with Crippen molar-refractivity contribution in [1.82, 2.24) is 4.98 Å². The van der Waals surface area contributed by atoms with E-state index in [1.807, 2.05) is 20.0 Å². The number of hydrogen-bond donors (Lipinski definition) is 0. The molecule has 0 aliphatic carbocycles. The van der Waals surface area contributed by atoms with Crippen LogP contribution in [-0.4, -0.2) is 4.98 Å². The third-order valence-electron chi connectivity index (χ3n) is 1.13. The fourth-order valence-electron chi connectivity index (χ4n) is 0.639. The Balaban J connectivity index is 0. The molecule has 0 fully saturated rings. The quantitative estimate of drug-likeness (QED) is 0.772. The molecule has 3 heteroatoms. The van der Waals surface area contributed by atoms with E-state index in [1.54, 1.807) is 11.3 Å². The van der Waals surface area contributed by atoms with Gasteiger partial charge in [-0.05, 0) is 6.92 Å². The van der Waals surface area contributed by atoms with E-state index < -0.39 is 0 Å². The predicted molar refractivity (Wildman–Crippen MR) is 52.3 cm³/mol. The first-order chi connectivity index (χ1) is 5.20. The van der Waals surface area contributed by atoms with Crippen LogP contribution in [0.4, 0.5) is 0 Å². The summed E-state index contributed by atoms with van der Waals surface area (Å²) >= 11 is 1.78. The van der Waals surface area contributed by atoms with Crippen molar-refractivity contribution < 1.29 is 41.3 Å². The Labute approximate surface area is 113 Å². The van der Waals surface area contributed by atoms with Gasteiger partial charge in [-0.2, -0.15) is 0 Å². The zero-order valence-electron chi connectivity index (χ0n) is 8.59. The van der Waals surface area contributed by atoms with E-state index in [0.29, 0.717) is 5.92 Å². The molecule has 12 heavy (non-hydrogen) atoms. The normalized spacial score (nSPS) is 8.50. The molecule has 1 nitrogen and oxygen atoms in total.